The quantitative estimate of drug-likeness (QED) is 0.193. The number of thiophene rings is 1. The van der Waals surface area contributed by atoms with Gasteiger partial charge in [0.1, 0.15) is 0 Å². The summed E-state index contributed by atoms with van der Waals surface area (Å²) in [6, 6.07) is 55.5. The fourth-order valence-electron chi connectivity index (χ4n) is 7.71. The van der Waals surface area contributed by atoms with Gasteiger partial charge in [-0.3, -0.25) is 0 Å². The van der Waals surface area contributed by atoms with Crippen molar-refractivity contribution < 1.29 is 0 Å². The lowest BCUT2D eigenvalue weighted by Gasteiger charge is -2.18. The summed E-state index contributed by atoms with van der Waals surface area (Å²) >= 11 is 1.79. The fraction of sp³-hybridized carbons (Fsp3) is 0. The highest BCUT2D eigenvalue weighted by molar-refractivity contribution is 7.26. The minimum Gasteiger partial charge on any atom is -0.309 e. The molecule has 0 atom stereocenters. The molecule has 0 saturated heterocycles. The van der Waals surface area contributed by atoms with E-state index < -0.39 is 0 Å². The molecule has 0 saturated carbocycles. The van der Waals surface area contributed by atoms with E-state index in [-0.39, 0.29) is 0 Å². The SMILES string of the molecule is N#Cc1ccc2sc3c(ccc4c3c3ccccc3n4-c3ccccc3-c3ccccc3-n3c4ccccc4c4cc(C#N)ccc43)c2c1. The van der Waals surface area contributed by atoms with Gasteiger partial charge in [-0.25, -0.2) is 0 Å². The maximum atomic E-state index is 9.70. The molecule has 10 rings (SSSR count). The van der Waals surface area contributed by atoms with Crippen LogP contribution in [0.3, 0.4) is 0 Å². The monoisotopic (exact) mass is 640 g/mol. The zero-order valence-corrected chi connectivity index (χ0v) is 26.9. The molecule has 0 spiro atoms. The minimum atomic E-state index is 0.652. The number of nitrogens with zero attached hydrogens (tertiary/aromatic N) is 4. The normalized spacial score (nSPS) is 11.6. The maximum Gasteiger partial charge on any atom is 0.0991 e. The highest BCUT2D eigenvalue weighted by atomic mass is 32.1. The molecule has 4 nitrogen and oxygen atoms in total. The summed E-state index contributed by atoms with van der Waals surface area (Å²) < 4.78 is 7.16. The summed E-state index contributed by atoms with van der Waals surface area (Å²) in [5.41, 5.74) is 10.2. The molecule has 0 aliphatic carbocycles. The summed E-state index contributed by atoms with van der Waals surface area (Å²) in [5, 5.41) is 26.2. The first-order valence-electron chi connectivity index (χ1n) is 16.1. The number of hydrogen-bond acceptors (Lipinski definition) is 3. The molecule has 3 heterocycles. The Morgan fingerprint density at radius 1 is 0.429 bits per heavy atom. The molecule has 7 aromatic carbocycles. The van der Waals surface area contributed by atoms with E-state index in [4.69, 9.17) is 0 Å². The van der Waals surface area contributed by atoms with Crippen molar-refractivity contribution in [2.45, 2.75) is 0 Å². The van der Waals surface area contributed by atoms with Gasteiger partial charge in [0.05, 0.1) is 56.7 Å². The Morgan fingerprint density at radius 2 is 0.959 bits per heavy atom. The van der Waals surface area contributed by atoms with Crippen molar-refractivity contribution in [3.05, 3.63) is 157 Å². The molecule has 10 aromatic rings. The van der Waals surface area contributed by atoms with Crippen molar-refractivity contribution in [1.29, 1.82) is 10.5 Å². The predicted octanol–water partition coefficient (Wildman–Crippen LogP) is 11.7. The number of fused-ring (bicyclic) bond motifs is 10. The molecule has 0 radical (unpaired) electrons. The molecule has 0 unspecified atom stereocenters. The molecule has 0 bridgehead atoms. The second-order valence-electron chi connectivity index (χ2n) is 12.3. The van der Waals surface area contributed by atoms with Crippen LogP contribution in [0.15, 0.2) is 146 Å². The van der Waals surface area contributed by atoms with E-state index in [2.05, 4.69) is 143 Å². The van der Waals surface area contributed by atoms with E-state index in [9.17, 15) is 10.5 Å². The van der Waals surface area contributed by atoms with Crippen LogP contribution in [0.25, 0.3) is 86.3 Å². The van der Waals surface area contributed by atoms with Gasteiger partial charge >= 0.3 is 0 Å². The van der Waals surface area contributed by atoms with Crippen molar-refractivity contribution in [1.82, 2.24) is 9.13 Å². The van der Waals surface area contributed by atoms with Crippen LogP contribution in [-0.2, 0) is 0 Å². The molecule has 0 amide bonds. The number of para-hydroxylation sites is 4. The Kier molecular flexibility index (Phi) is 5.84. The van der Waals surface area contributed by atoms with Crippen molar-refractivity contribution in [2.24, 2.45) is 0 Å². The van der Waals surface area contributed by atoms with E-state index in [1.807, 2.05) is 24.3 Å². The topological polar surface area (TPSA) is 57.4 Å². The first-order valence-corrected chi connectivity index (χ1v) is 17.0. The molecular formula is C44H24N4S. The highest BCUT2D eigenvalue weighted by Gasteiger charge is 2.21. The Hall–Kier alpha value is -6.66. The van der Waals surface area contributed by atoms with Crippen LogP contribution < -0.4 is 0 Å². The van der Waals surface area contributed by atoms with Gasteiger partial charge in [0.2, 0.25) is 0 Å². The first kappa shape index (κ1) is 27.5. The van der Waals surface area contributed by atoms with Gasteiger partial charge in [-0.15, -0.1) is 11.3 Å². The summed E-state index contributed by atoms with van der Waals surface area (Å²) in [7, 11) is 0. The molecule has 0 aliphatic rings. The predicted molar refractivity (Wildman–Crippen MR) is 203 cm³/mol. The van der Waals surface area contributed by atoms with Gasteiger partial charge in [0, 0.05) is 52.8 Å². The Balaban J connectivity index is 1.28. The Labute approximate surface area is 285 Å². The summed E-state index contributed by atoms with van der Waals surface area (Å²) in [4.78, 5) is 0. The molecular weight excluding hydrogens is 617 g/mol. The van der Waals surface area contributed by atoms with E-state index in [1.54, 1.807) is 11.3 Å². The van der Waals surface area contributed by atoms with E-state index in [0.29, 0.717) is 11.1 Å². The zero-order chi connectivity index (χ0) is 32.6. The zero-order valence-electron chi connectivity index (χ0n) is 26.1. The average Bonchev–Trinajstić information content (AvgIpc) is 3.81. The van der Waals surface area contributed by atoms with Crippen LogP contribution in [0.2, 0.25) is 0 Å². The number of benzene rings is 7. The van der Waals surface area contributed by atoms with Crippen LogP contribution in [0, 0.1) is 22.7 Å². The molecule has 49 heavy (non-hydrogen) atoms. The van der Waals surface area contributed by atoms with Gasteiger partial charge in [0.25, 0.3) is 0 Å². The molecule has 3 aromatic heterocycles. The highest BCUT2D eigenvalue weighted by Crippen LogP contribution is 2.45. The van der Waals surface area contributed by atoms with Gasteiger partial charge in [0.15, 0.2) is 0 Å². The first-order chi connectivity index (χ1) is 24.2. The van der Waals surface area contributed by atoms with Crippen LogP contribution in [0.4, 0.5) is 0 Å². The third-order valence-corrected chi connectivity index (χ3v) is 11.0. The van der Waals surface area contributed by atoms with Crippen molar-refractivity contribution in [2.75, 3.05) is 0 Å². The third-order valence-electron chi connectivity index (χ3n) is 9.78. The van der Waals surface area contributed by atoms with Gasteiger partial charge in [-0.05, 0) is 66.7 Å². The van der Waals surface area contributed by atoms with Gasteiger partial charge < -0.3 is 9.13 Å². The molecule has 0 aliphatic heterocycles. The third kappa shape index (κ3) is 3.88. The standard InChI is InChI=1S/C44H24N4S/c45-25-27-17-20-40-34(23-27)31-11-3-7-15-38(31)47(40)36-13-5-1-9-29(36)30-10-2-6-14-37(30)48-39-16-8-4-12-33(39)43-41(48)21-19-32-35-24-28(26-46)18-22-42(35)49-44(32)43/h1-24H. The van der Waals surface area contributed by atoms with E-state index in [1.165, 1.54) is 25.6 Å². The van der Waals surface area contributed by atoms with Gasteiger partial charge in [-0.2, -0.15) is 10.5 Å². The van der Waals surface area contributed by atoms with Crippen LogP contribution in [0.5, 0.6) is 0 Å². The largest absolute Gasteiger partial charge is 0.309 e. The summed E-state index contributed by atoms with van der Waals surface area (Å²) in [6.07, 6.45) is 0. The van der Waals surface area contributed by atoms with Crippen molar-refractivity contribution in [3.8, 4) is 34.6 Å². The van der Waals surface area contributed by atoms with E-state index >= 15 is 0 Å². The second-order valence-corrected chi connectivity index (χ2v) is 13.4. The Bertz CT molecular complexity index is 3090. The number of hydrogen-bond donors (Lipinski definition) is 0. The number of rotatable bonds is 3. The van der Waals surface area contributed by atoms with E-state index in [0.717, 1.165) is 60.7 Å². The molecule has 0 N–H and O–H groups in total. The average molecular weight is 641 g/mol. The lowest BCUT2D eigenvalue weighted by atomic mass is 10.0. The van der Waals surface area contributed by atoms with Gasteiger partial charge in [-0.1, -0.05) is 78.9 Å². The maximum absolute atomic E-state index is 9.70. The fourth-order valence-corrected chi connectivity index (χ4v) is 8.95. The number of nitriles is 2. The lowest BCUT2D eigenvalue weighted by molar-refractivity contribution is 1.16. The smallest absolute Gasteiger partial charge is 0.0991 e. The van der Waals surface area contributed by atoms with Crippen LogP contribution in [-0.4, -0.2) is 9.13 Å². The molecule has 5 heteroatoms. The Morgan fingerprint density at radius 3 is 1.67 bits per heavy atom. The minimum absolute atomic E-state index is 0.652. The number of aromatic nitrogens is 2. The molecule has 226 valence electrons. The van der Waals surface area contributed by atoms with Crippen LogP contribution >= 0.6 is 11.3 Å². The summed E-state index contributed by atoms with van der Waals surface area (Å²) in [6.45, 7) is 0. The van der Waals surface area contributed by atoms with Crippen molar-refractivity contribution >= 4 is 75.1 Å². The lowest BCUT2D eigenvalue weighted by Crippen LogP contribution is -2.01. The van der Waals surface area contributed by atoms with Crippen molar-refractivity contribution in [3.63, 3.8) is 0 Å². The molecule has 0 fully saturated rings. The van der Waals surface area contributed by atoms with Crippen LogP contribution in [0.1, 0.15) is 11.1 Å². The second kappa shape index (κ2) is 10.4. The summed E-state index contributed by atoms with van der Waals surface area (Å²) in [5.74, 6) is 0.